The van der Waals surface area contributed by atoms with E-state index in [1.54, 1.807) is 0 Å². The Morgan fingerprint density at radius 1 is 1.00 bits per heavy atom. The maximum atomic E-state index is 13.4. The van der Waals surface area contributed by atoms with Gasteiger partial charge in [-0.3, -0.25) is 0 Å². The smallest absolute Gasteiger partial charge is 0.343 e. The third-order valence-electron chi connectivity index (χ3n) is 2.72. The van der Waals surface area contributed by atoms with Gasteiger partial charge >= 0.3 is 5.97 Å². The van der Waals surface area contributed by atoms with Crippen LogP contribution in [0.3, 0.4) is 0 Å². The molecule has 2 rings (SSSR count). The van der Waals surface area contributed by atoms with Crippen LogP contribution in [0.1, 0.15) is 15.9 Å². The number of carbonyl (C=O) groups is 1. The van der Waals surface area contributed by atoms with E-state index >= 15 is 0 Å². The summed E-state index contributed by atoms with van der Waals surface area (Å²) in [4.78, 5) is 11.7. The van der Waals surface area contributed by atoms with Crippen LogP contribution in [0.4, 0.5) is 22.0 Å². The van der Waals surface area contributed by atoms with Crippen molar-refractivity contribution >= 4 is 5.97 Å². The average Bonchev–Trinajstić information content (AvgIpc) is 2.55. The van der Waals surface area contributed by atoms with Crippen LogP contribution in [0.15, 0.2) is 18.2 Å². The number of carbonyl (C=O) groups excluding carboxylic acids is 1. The molecule has 23 heavy (non-hydrogen) atoms. The van der Waals surface area contributed by atoms with Crippen LogP contribution in [0, 0.1) is 40.4 Å². The van der Waals surface area contributed by atoms with Crippen LogP contribution >= 0.6 is 0 Å². The van der Waals surface area contributed by atoms with E-state index in [4.69, 9.17) is 5.26 Å². The molecule has 0 aliphatic carbocycles. The standard InChI is InChI=1S/C14H4F5NO3/c15-8-9(16)11(18)13(12(19)10(8)17)23-14(22)5-1-2-7(21)6(3-5)4-20/h1-3,21H. The first-order valence-electron chi connectivity index (χ1n) is 5.74. The maximum absolute atomic E-state index is 13.4. The first-order chi connectivity index (χ1) is 10.8. The van der Waals surface area contributed by atoms with E-state index in [0.29, 0.717) is 0 Å². The van der Waals surface area contributed by atoms with Gasteiger partial charge in [-0.05, 0) is 18.2 Å². The molecule has 0 saturated carbocycles. The molecule has 4 nitrogen and oxygen atoms in total. The highest BCUT2D eigenvalue weighted by molar-refractivity contribution is 5.91. The molecule has 0 bridgehead atoms. The molecule has 9 heteroatoms. The summed E-state index contributed by atoms with van der Waals surface area (Å²) in [5, 5.41) is 17.9. The lowest BCUT2D eigenvalue weighted by Gasteiger charge is -2.09. The van der Waals surface area contributed by atoms with Gasteiger partial charge in [-0.2, -0.15) is 14.0 Å². The summed E-state index contributed by atoms with van der Waals surface area (Å²) >= 11 is 0. The normalized spacial score (nSPS) is 10.3. The Labute approximate surface area is 125 Å². The molecule has 0 aliphatic rings. The monoisotopic (exact) mass is 329 g/mol. The van der Waals surface area contributed by atoms with Crippen molar-refractivity contribution in [3.8, 4) is 17.6 Å². The van der Waals surface area contributed by atoms with Crippen molar-refractivity contribution in [3.05, 3.63) is 58.4 Å². The Kier molecular flexibility index (Phi) is 4.18. The fourth-order valence-electron chi connectivity index (χ4n) is 1.58. The Hall–Kier alpha value is -3.15. The van der Waals surface area contributed by atoms with Crippen molar-refractivity contribution in [1.29, 1.82) is 5.26 Å². The molecular formula is C14H4F5NO3. The zero-order valence-electron chi connectivity index (χ0n) is 10.8. The van der Waals surface area contributed by atoms with Crippen LogP contribution in [0.2, 0.25) is 0 Å². The zero-order valence-corrected chi connectivity index (χ0v) is 10.8. The van der Waals surface area contributed by atoms with E-state index in [1.807, 2.05) is 0 Å². The second kappa shape index (κ2) is 5.92. The number of rotatable bonds is 2. The van der Waals surface area contributed by atoms with Crippen LogP contribution in [0.5, 0.6) is 11.5 Å². The van der Waals surface area contributed by atoms with Crippen molar-refractivity contribution in [1.82, 2.24) is 0 Å². The summed E-state index contributed by atoms with van der Waals surface area (Å²) in [5.74, 6) is -15.3. The van der Waals surface area contributed by atoms with Crippen LogP contribution in [-0.4, -0.2) is 11.1 Å². The highest BCUT2D eigenvalue weighted by Crippen LogP contribution is 2.30. The zero-order chi connectivity index (χ0) is 17.3. The minimum Gasteiger partial charge on any atom is -0.507 e. The first kappa shape index (κ1) is 16.2. The minimum absolute atomic E-state index is 0.350. The number of benzene rings is 2. The fourth-order valence-corrected chi connectivity index (χ4v) is 1.58. The van der Waals surface area contributed by atoms with Gasteiger partial charge in [-0.15, -0.1) is 0 Å². The third kappa shape index (κ3) is 2.78. The quantitative estimate of drug-likeness (QED) is 0.302. The van der Waals surface area contributed by atoms with Gasteiger partial charge in [0.1, 0.15) is 11.8 Å². The van der Waals surface area contributed by atoms with Gasteiger partial charge in [-0.25, -0.2) is 18.0 Å². The highest BCUT2D eigenvalue weighted by atomic mass is 19.2. The van der Waals surface area contributed by atoms with E-state index in [-0.39, 0.29) is 5.56 Å². The van der Waals surface area contributed by atoms with E-state index in [2.05, 4.69) is 4.74 Å². The van der Waals surface area contributed by atoms with Gasteiger partial charge in [-0.1, -0.05) is 0 Å². The van der Waals surface area contributed by atoms with E-state index < -0.39 is 52.1 Å². The second-order valence-electron chi connectivity index (χ2n) is 4.13. The number of nitrogens with zero attached hydrogens (tertiary/aromatic N) is 1. The molecule has 2 aromatic carbocycles. The van der Waals surface area contributed by atoms with Crippen molar-refractivity contribution in [3.63, 3.8) is 0 Å². The molecule has 0 fully saturated rings. The lowest BCUT2D eigenvalue weighted by atomic mass is 10.1. The van der Waals surface area contributed by atoms with Crippen molar-refractivity contribution in [2.24, 2.45) is 0 Å². The molecule has 0 aromatic heterocycles. The van der Waals surface area contributed by atoms with E-state index in [9.17, 15) is 31.9 Å². The molecular weight excluding hydrogens is 325 g/mol. The van der Waals surface area contributed by atoms with Gasteiger partial charge < -0.3 is 9.84 Å². The Balaban J connectivity index is 2.44. The number of hydrogen-bond acceptors (Lipinski definition) is 4. The van der Waals surface area contributed by atoms with E-state index in [0.717, 1.165) is 18.2 Å². The van der Waals surface area contributed by atoms with Gasteiger partial charge in [0.25, 0.3) is 0 Å². The van der Waals surface area contributed by atoms with Crippen LogP contribution in [0.25, 0.3) is 0 Å². The fraction of sp³-hybridized carbons (Fsp3) is 0. The lowest BCUT2D eigenvalue weighted by molar-refractivity contribution is 0.0716. The van der Waals surface area contributed by atoms with Crippen molar-refractivity contribution < 1.29 is 36.6 Å². The molecule has 0 spiro atoms. The number of phenols is 1. The van der Waals surface area contributed by atoms with Crippen LogP contribution < -0.4 is 4.74 Å². The number of ether oxygens (including phenoxy) is 1. The number of halogens is 5. The summed E-state index contributed by atoms with van der Waals surface area (Å²) in [6.45, 7) is 0. The molecule has 0 aliphatic heterocycles. The molecule has 0 amide bonds. The van der Waals surface area contributed by atoms with E-state index in [1.165, 1.54) is 6.07 Å². The number of nitriles is 1. The lowest BCUT2D eigenvalue weighted by Crippen LogP contribution is -2.13. The van der Waals surface area contributed by atoms with Gasteiger partial charge in [0.2, 0.25) is 34.8 Å². The predicted octanol–water partition coefficient (Wildman–Crippen LogP) is 3.18. The molecule has 0 radical (unpaired) electrons. The molecule has 118 valence electrons. The third-order valence-corrected chi connectivity index (χ3v) is 2.72. The summed E-state index contributed by atoms with van der Waals surface area (Å²) in [6.07, 6.45) is 0. The highest BCUT2D eigenvalue weighted by Gasteiger charge is 2.29. The molecule has 0 saturated heterocycles. The summed E-state index contributed by atoms with van der Waals surface area (Å²) in [5.41, 5.74) is -0.792. The Morgan fingerprint density at radius 3 is 2.04 bits per heavy atom. The first-order valence-corrected chi connectivity index (χ1v) is 5.74. The van der Waals surface area contributed by atoms with Crippen LogP contribution in [-0.2, 0) is 0 Å². The molecule has 0 unspecified atom stereocenters. The largest absolute Gasteiger partial charge is 0.507 e. The van der Waals surface area contributed by atoms with Gasteiger partial charge in [0.05, 0.1) is 11.1 Å². The number of esters is 1. The molecule has 0 heterocycles. The van der Waals surface area contributed by atoms with Crippen molar-refractivity contribution in [2.45, 2.75) is 0 Å². The predicted molar refractivity (Wildman–Crippen MR) is 64.0 cm³/mol. The number of hydrogen-bond donors (Lipinski definition) is 1. The Bertz CT molecular complexity index is 831. The average molecular weight is 329 g/mol. The molecule has 1 N–H and O–H groups in total. The van der Waals surface area contributed by atoms with Gasteiger partial charge in [0.15, 0.2) is 0 Å². The molecule has 2 aromatic rings. The maximum Gasteiger partial charge on any atom is 0.343 e. The second-order valence-corrected chi connectivity index (χ2v) is 4.13. The summed E-state index contributed by atoms with van der Waals surface area (Å²) in [7, 11) is 0. The van der Waals surface area contributed by atoms with Crippen molar-refractivity contribution in [2.75, 3.05) is 0 Å². The number of aromatic hydroxyl groups is 1. The Morgan fingerprint density at radius 2 is 1.52 bits per heavy atom. The molecule has 0 atom stereocenters. The minimum atomic E-state index is -2.39. The summed E-state index contributed by atoms with van der Waals surface area (Å²) < 4.78 is 69.9. The SMILES string of the molecule is N#Cc1cc(C(=O)Oc2c(F)c(F)c(F)c(F)c2F)ccc1O. The summed E-state index contributed by atoms with van der Waals surface area (Å²) in [6, 6.07) is 4.21. The van der Waals surface area contributed by atoms with Gasteiger partial charge in [0, 0.05) is 0 Å². The topological polar surface area (TPSA) is 70.3 Å². The number of phenolic OH excluding ortho intramolecular Hbond substituents is 1.